The lowest BCUT2D eigenvalue weighted by molar-refractivity contribution is -0.690. The average molecular weight is 445 g/mol. The molecule has 7 heteroatoms. The molecule has 0 bridgehead atoms. The second kappa shape index (κ2) is 9.49. The summed E-state index contributed by atoms with van der Waals surface area (Å²) in [5.74, 6) is 0. The number of hydrogen-bond acceptors (Lipinski definition) is 3. The predicted molar refractivity (Wildman–Crippen MR) is 122 cm³/mol. The smallest absolute Gasteiger partial charge is 0.284 e. The normalized spacial score (nSPS) is 11.3. The summed E-state index contributed by atoms with van der Waals surface area (Å²) in [6.07, 6.45) is 3.46. The summed E-state index contributed by atoms with van der Waals surface area (Å²) in [5, 5.41) is 0. The molecule has 1 aromatic heterocycles. The molecule has 0 N–H and O–H groups in total. The molecule has 0 radical (unpaired) electrons. The first kappa shape index (κ1) is 22.1. The number of benzene rings is 2. The third-order valence-corrected chi connectivity index (χ3v) is 7.24. The van der Waals surface area contributed by atoms with Crippen molar-refractivity contribution in [3.05, 3.63) is 84.2 Å². The molecular formula is C23H27ClN3O2S+. The van der Waals surface area contributed by atoms with E-state index in [1.54, 1.807) is 18.3 Å². The van der Waals surface area contributed by atoms with Crippen LogP contribution in [0.3, 0.4) is 0 Å². The van der Waals surface area contributed by atoms with Crippen LogP contribution in [-0.4, -0.2) is 21.5 Å². The molecule has 0 spiro atoms. The van der Waals surface area contributed by atoms with Gasteiger partial charge in [0.15, 0.2) is 23.8 Å². The van der Waals surface area contributed by atoms with E-state index in [2.05, 4.69) is 18.7 Å². The maximum Gasteiger partial charge on any atom is 0.284 e. The molecular weight excluding hydrogens is 418 g/mol. The first-order chi connectivity index (χ1) is 14.4. The highest BCUT2D eigenvalue weighted by Gasteiger charge is 2.28. The van der Waals surface area contributed by atoms with E-state index in [0.717, 1.165) is 33.7 Å². The van der Waals surface area contributed by atoms with Gasteiger partial charge in [-0.2, -0.15) is 16.8 Å². The molecule has 0 saturated carbocycles. The van der Waals surface area contributed by atoms with Gasteiger partial charge in [0.25, 0.3) is 10.0 Å². The van der Waals surface area contributed by atoms with E-state index in [4.69, 9.17) is 11.8 Å². The number of sulfonamides is 1. The van der Waals surface area contributed by atoms with Gasteiger partial charge in [-0.1, -0.05) is 36.4 Å². The van der Waals surface area contributed by atoms with E-state index in [-0.39, 0.29) is 4.90 Å². The number of aryl methyl sites for hydroxylation is 1. The summed E-state index contributed by atoms with van der Waals surface area (Å²) in [7, 11) is -3.93. The summed E-state index contributed by atoms with van der Waals surface area (Å²) < 4.78 is 29.3. The van der Waals surface area contributed by atoms with Crippen LogP contribution in [0, 0.1) is 6.92 Å². The van der Waals surface area contributed by atoms with Crippen molar-refractivity contribution in [1.29, 1.82) is 0 Å². The molecule has 3 aromatic rings. The average Bonchev–Trinajstić information content (AvgIpc) is 2.76. The lowest BCUT2D eigenvalue weighted by Crippen LogP contribution is -2.35. The van der Waals surface area contributed by atoms with Gasteiger partial charge >= 0.3 is 0 Å². The summed E-state index contributed by atoms with van der Waals surface area (Å²) in [6, 6.07) is 18.9. The predicted octanol–water partition coefficient (Wildman–Crippen LogP) is 4.53. The number of hydrogen-bond donors (Lipinski definition) is 0. The molecule has 0 aliphatic heterocycles. The van der Waals surface area contributed by atoms with Crippen LogP contribution in [0.2, 0.25) is 0 Å². The van der Waals surface area contributed by atoms with E-state index in [9.17, 15) is 8.42 Å². The minimum atomic E-state index is -3.93. The third kappa shape index (κ3) is 4.77. The van der Waals surface area contributed by atoms with Gasteiger partial charge in [0.1, 0.15) is 0 Å². The largest absolute Gasteiger partial charge is 0.372 e. The van der Waals surface area contributed by atoms with Gasteiger partial charge in [0, 0.05) is 42.2 Å². The topological polar surface area (TPSA) is 44.5 Å². The Bertz CT molecular complexity index is 1100. The lowest BCUT2D eigenvalue weighted by Gasteiger charge is -2.24. The van der Waals surface area contributed by atoms with Crippen LogP contribution < -0.4 is 13.3 Å². The van der Waals surface area contributed by atoms with Crippen molar-refractivity contribution in [1.82, 2.24) is 0 Å². The van der Waals surface area contributed by atoms with Crippen molar-refractivity contribution in [3.8, 4) is 0 Å². The second-order valence-corrected chi connectivity index (χ2v) is 9.39. The number of nitrogens with zero attached hydrogens (tertiary/aromatic N) is 3. The molecule has 30 heavy (non-hydrogen) atoms. The zero-order valence-corrected chi connectivity index (χ0v) is 19.1. The maximum atomic E-state index is 13.3. The van der Waals surface area contributed by atoms with Crippen molar-refractivity contribution in [2.45, 2.75) is 32.2 Å². The molecule has 1 heterocycles. The van der Waals surface area contributed by atoms with E-state index in [0.29, 0.717) is 12.2 Å². The number of pyridine rings is 1. The summed E-state index contributed by atoms with van der Waals surface area (Å²) in [4.78, 5) is 2.29. The van der Waals surface area contributed by atoms with Crippen LogP contribution in [0.1, 0.15) is 25.0 Å². The fourth-order valence-corrected chi connectivity index (χ4v) is 4.92. The molecule has 0 saturated heterocycles. The number of halogens is 1. The van der Waals surface area contributed by atoms with Gasteiger partial charge in [-0.3, -0.25) is 0 Å². The Labute approximate surface area is 184 Å². The van der Waals surface area contributed by atoms with Crippen LogP contribution in [0.5, 0.6) is 0 Å². The Morgan fingerprint density at radius 2 is 1.67 bits per heavy atom. The van der Waals surface area contributed by atoms with Crippen molar-refractivity contribution in [2.24, 2.45) is 0 Å². The molecule has 0 fully saturated rings. The fraction of sp³-hybridized carbons (Fsp3) is 0.261. The fourth-order valence-electron chi connectivity index (χ4n) is 3.34. The van der Waals surface area contributed by atoms with Crippen LogP contribution in [0.15, 0.2) is 78.0 Å². The number of rotatable bonds is 8. The Hall–Kier alpha value is -2.57. The zero-order chi connectivity index (χ0) is 21.7. The van der Waals surface area contributed by atoms with E-state index >= 15 is 0 Å². The molecule has 0 aliphatic rings. The van der Waals surface area contributed by atoms with E-state index in [1.807, 2.05) is 66.2 Å². The summed E-state index contributed by atoms with van der Waals surface area (Å²) in [6.45, 7) is 8.20. The molecule has 158 valence electrons. The van der Waals surface area contributed by atoms with Gasteiger partial charge in [-0.05, 0) is 44.5 Å². The van der Waals surface area contributed by atoms with Gasteiger partial charge < -0.3 is 4.90 Å². The molecule has 0 unspecified atom stereocenters. The molecule has 0 aliphatic carbocycles. The van der Waals surface area contributed by atoms with Crippen molar-refractivity contribution < 1.29 is 13.0 Å². The van der Waals surface area contributed by atoms with Crippen LogP contribution >= 0.6 is 11.8 Å². The molecule has 0 amide bonds. The Kier molecular flexibility index (Phi) is 7.00. The van der Waals surface area contributed by atoms with Gasteiger partial charge in [-0.15, -0.1) is 0 Å². The molecule has 3 rings (SSSR count). The second-order valence-electron chi connectivity index (χ2n) is 7.06. The molecule has 5 nitrogen and oxygen atoms in total. The summed E-state index contributed by atoms with van der Waals surface area (Å²) in [5.41, 5.74) is 3.27. The monoisotopic (exact) mass is 444 g/mol. The maximum absolute atomic E-state index is 13.3. The Balaban J connectivity index is 1.94. The lowest BCUT2D eigenvalue weighted by atomic mass is 10.1. The first-order valence-corrected chi connectivity index (χ1v) is 11.7. The summed E-state index contributed by atoms with van der Waals surface area (Å²) >= 11 is 6.43. The molecule has 2 aromatic carbocycles. The Morgan fingerprint density at radius 1 is 0.967 bits per heavy atom. The number of aromatic nitrogens is 1. The number of anilines is 2. The Morgan fingerprint density at radius 3 is 2.33 bits per heavy atom. The third-order valence-electron chi connectivity index (χ3n) is 5.06. The van der Waals surface area contributed by atoms with Gasteiger partial charge in [0.2, 0.25) is 0 Å². The van der Waals surface area contributed by atoms with Crippen molar-refractivity contribution in [2.75, 3.05) is 21.8 Å². The minimum absolute atomic E-state index is 0.142. The van der Waals surface area contributed by atoms with Crippen molar-refractivity contribution >= 4 is 33.2 Å². The standard InChI is InChI=1S/C23H27ClN3O2S/c1-4-26(5-2)21-14-13-19(3)23(16-21)27(24)30(28,29)22-12-9-15-25(18-22)17-20-10-7-6-8-11-20/h6-16,18H,4-5,17H2,1-3H3/q+1. The molecule has 0 atom stereocenters. The highest BCUT2D eigenvalue weighted by atomic mass is 35.5. The highest BCUT2D eigenvalue weighted by molar-refractivity contribution is 7.94. The van der Waals surface area contributed by atoms with Crippen LogP contribution in [0.4, 0.5) is 11.4 Å². The SMILES string of the molecule is CCN(CC)c1ccc(C)c(N(Cl)S(=O)(=O)c2ccc[n+](Cc3ccccc3)c2)c1. The zero-order valence-electron chi connectivity index (χ0n) is 17.5. The highest BCUT2D eigenvalue weighted by Crippen LogP contribution is 2.32. The van der Waals surface area contributed by atoms with E-state index < -0.39 is 10.0 Å². The first-order valence-electron chi connectivity index (χ1n) is 9.96. The van der Waals surface area contributed by atoms with Crippen LogP contribution in [0.25, 0.3) is 0 Å². The van der Waals surface area contributed by atoms with Crippen LogP contribution in [-0.2, 0) is 16.6 Å². The van der Waals surface area contributed by atoms with Gasteiger partial charge in [-0.25, -0.2) is 0 Å². The van der Waals surface area contributed by atoms with Gasteiger partial charge in [0.05, 0.1) is 5.69 Å². The quantitative estimate of drug-likeness (QED) is 0.379. The van der Waals surface area contributed by atoms with Crippen molar-refractivity contribution in [3.63, 3.8) is 0 Å². The van der Waals surface area contributed by atoms with E-state index in [1.165, 1.54) is 0 Å². The minimum Gasteiger partial charge on any atom is -0.372 e.